The average molecular weight is 256 g/mol. The highest BCUT2D eigenvalue weighted by molar-refractivity contribution is 6.05. The number of hydrogen-bond donors (Lipinski definition) is 3. The summed E-state index contributed by atoms with van der Waals surface area (Å²) in [4.78, 5) is 12.0. The van der Waals surface area contributed by atoms with Crippen LogP contribution in [0.4, 0.5) is 11.4 Å². The van der Waals surface area contributed by atoms with Gasteiger partial charge in [-0.1, -0.05) is 19.1 Å². The topological polar surface area (TPSA) is 75.3 Å². The highest BCUT2D eigenvalue weighted by Crippen LogP contribution is 2.25. The van der Waals surface area contributed by atoms with Gasteiger partial charge < -0.3 is 16.2 Å². The van der Waals surface area contributed by atoms with E-state index < -0.39 is 0 Å². The zero-order valence-corrected chi connectivity index (χ0v) is 10.7. The van der Waals surface area contributed by atoms with Gasteiger partial charge in [0.25, 0.3) is 5.91 Å². The van der Waals surface area contributed by atoms with Crippen molar-refractivity contribution in [1.29, 1.82) is 0 Å². The van der Waals surface area contributed by atoms with E-state index in [1.807, 2.05) is 13.0 Å². The second kappa shape index (κ2) is 5.44. The number of hydrogen-bond acceptors (Lipinski definition) is 3. The van der Waals surface area contributed by atoms with Gasteiger partial charge in [0.2, 0.25) is 0 Å². The van der Waals surface area contributed by atoms with E-state index in [1.54, 1.807) is 36.4 Å². The number of phenols is 1. The summed E-state index contributed by atoms with van der Waals surface area (Å²) in [6, 6.07) is 11.9. The maximum absolute atomic E-state index is 12.0. The van der Waals surface area contributed by atoms with Gasteiger partial charge >= 0.3 is 0 Å². The molecule has 0 heterocycles. The van der Waals surface area contributed by atoms with Gasteiger partial charge in [0.05, 0.1) is 5.69 Å². The molecule has 19 heavy (non-hydrogen) atoms. The number of nitrogens with two attached hydrogens (primary N) is 1. The van der Waals surface area contributed by atoms with Crippen LogP contribution >= 0.6 is 0 Å². The van der Waals surface area contributed by atoms with Crippen molar-refractivity contribution >= 4 is 17.3 Å². The minimum absolute atomic E-state index is 0.0504. The first-order valence-electron chi connectivity index (χ1n) is 6.09. The minimum Gasteiger partial charge on any atom is -0.506 e. The van der Waals surface area contributed by atoms with Gasteiger partial charge in [-0.05, 0) is 42.3 Å². The summed E-state index contributed by atoms with van der Waals surface area (Å²) >= 11 is 0. The fourth-order valence-corrected chi connectivity index (χ4v) is 1.78. The first-order valence-corrected chi connectivity index (χ1v) is 6.09. The van der Waals surface area contributed by atoms with E-state index in [1.165, 1.54) is 0 Å². The molecule has 0 spiro atoms. The van der Waals surface area contributed by atoms with Crippen molar-refractivity contribution in [3.05, 3.63) is 53.6 Å². The first-order chi connectivity index (χ1) is 9.10. The molecular weight excluding hydrogens is 240 g/mol. The maximum atomic E-state index is 12.0. The predicted molar refractivity (Wildman–Crippen MR) is 76.3 cm³/mol. The number of aromatic hydroxyl groups is 1. The lowest BCUT2D eigenvalue weighted by Gasteiger charge is -2.09. The third-order valence-corrected chi connectivity index (χ3v) is 2.87. The van der Waals surface area contributed by atoms with Crippen molar-refractivity contribution in [2.45, 2.75) is 13.3 Å². The highest BCUT2D eigenvalue weighted by Gasteiger charge is 2.09. The minimum atomic E-state index is -0.296. The molecule has 0 fully saturated rings. The Kier molecular flexibility index (Phi) is 3.71. The van der Waals surface area contributed by atoms with Crippen LogP contribution in [-0.2, 0) is 6.42 Å². The van der Waals surface area contributed by atoms with Crippen LogP contribution in [-0.4, -0.2) is 11.0 Å². The zero-order valence-electron chi connectivity index (χ0n) is 10.7. The van der Waals surface area contributed by atoms with E-state index >= 15 is 0 Å². The number of amides is 1. The van der Waals surface area contributed by atoms with Crippen LogP contribution in [0.15, 0.2) is 42.5 Å². The molecule has 0 radical (unpaired) electrons. The largest absolute Gasteiger partial charge is 0.506 e. The Bertz CT molecular complexity index is 609. The van der Waals surface area contributed by atoms with E-state index in [4.69, 9.17) is 5.73 Å². The summed E-state index contributed by atoms with van der Waals surface area (Å²) in [7, 11) is 0. The molecule has 0 aliphatic carbocycles. The van der Waals surface area contributed by atoms with Gasteiger partial charge in [-0.2, -0.15) is 0 Å². The summed E-state index contributed by atoms with van der Waals surface area (Å²) in [6.45, 7) is 2.01. The third kappa shape index (κ3) is 3.04. The van der Waals surface area contributed by atoms with E-state index in [0.29, 0.717) is 16.9 Å². The first kappa shape index (κ1) is 13.0. The average Bonchev–Trinajstić information content (AvgIpc) is 2.41. The van der Waals surface area contributed by atoms with Crippen LogP contribution in [0.3, 0.4) is 0 Å². The Balaban J connectivity index is 2.23. The molecule has 4 nitrogen and oxygen atoms in total. The van der Waals surface area contributed by atoms with Crippen LogP contribution < -0.4 is 11.1 Å². The van der Waals surface area contributed by atoms with Crippen LogP contribution in [0, 0.1) is 0 Å². The van der Waals surface area contributed by atoms with Crippen LogP contribution in [0.2, 0.25) is 0 Å². The Hall–Kier alpha value is -2.49. The number of nitrogens with one attached hydrogen (secondary N) is 1. The van der Waals surface area contributed by atoms with Crippen molar-refractivity contribution < 1.29 is 9.90 Å². The summed E-state index contributed by atoms with van der Waals surface area (Å²) in [5.74, 6) is -0.245. The number of anilines is 2. The van der Waals surface area contributed by atoms with Crippen LogP contribution in [0.1, 0.15) is 22.8 Å². The van der Waals surface area contributed by atoms with Crippen molar-refractivity contribution in [1.82, 2.24) is 0 Å². The number of benzene rings is 2. The van der Waals surface area contributed by atoms with E-state index in [9.17, 15) is 9.90 Å². The zero-order chi connectivity index (χ0) is 13.8. The molecule has 0 saturated carbocycles. The van der Waals surface area contributed by atoms with Crippen LogP contribution in [0.5, 0.6) is 5.75 Å². The summed E-state index contributed by atoms with van der Waals surface area (Å²) in [5, 5.41) is 12.4. The molecule has 0 aromatic heterocycles. The van der Waals surface area contributed by atoms with Crippen molar-refractivity contribution in [3.8, 4) is 5.75 Å². The lowest BCUT2D eigenvalue weighted by Crippen LogP contribution is -2.12. The second-order valence-corrected chi connectivity index (χ2v) is 4.28. The van der Waals surface area contributed by atoms with Gasteiger partial charge in [-0.25, -0.2) is 0 Å². The number of nitrogen functional groups attached to an aromatic ring is 1. The summed E-state index contributed by atoms with van der Waals surface area (Å²) in [6.07, 6.45) is 0.835. The predicted octanol–water partition coefficient (Wildman–Crippen LogP) is 2.79. The maximum Gasteiger partial charge on any atom is 0.255 e. The molecule has 0 aliphatic heterocycles. The Morgan fingerprint density at radius 1 is 1.26 bits per heavy atom. The van der Waals surface area contributed by atoms with Gasteiger partial charge in [0, 0.05) is 11.3 Å². The van der Waals surface area contributed by atoms with Gasteiger partial charge in [-0.3, -0.25) is 4.79 Å². The van der Waals surface area contributed by atoms with Gasteiger partial charge in [0.15, 0.2) is 0 Å². The number of carbonyl (C=O) groups excluding carboxylic acids is 1. The smallest absolute Gasteiger partial charge is 0.255 e. The molecule has 4 N–H and O–H groups in total. The lowest BCUT2D eigenvalue weighted by molar-refractivity contribution is 0.102. The molecule has 0 saturated heterocycles. The molecule has 98 valence electrons. The molecule has 2 rings (SSSR count). The SMILES string of the molecule is CCc1ccc(O)c(NC(=O)c2cccc(N)c2)c1. The molecule has 1 amide bonds. The molecular formula is C15H16N2O2. The summed E-state index contributed by atoms with van der Waals surface area (Å²) in [5.41, 5.74) is 8.07. The highest BCUT2D eigenvalue weighted by atomic mass is 16.3. The Morgan fingerprint density at radius 3 is 2.74 bits per heavy atom. The number of phenolic OH excluding ortho intramolecular Hbond substituents is 1. The monoisotopic (exact) mass is 256 g/mol. The fraction of sp³-hybridized carbons (Fsp3) is 0.133. The standard InChI is InChI=1S/C15H16N2O2/c1-2-10-6-7-14(18)13(8-10)17-15(19)11-4-3-5-12(16)9-11/h3-9,18H,2,16H2,1H3,(H,17,19). The Morgan fingerprint density at radius 2 is 2.05 bits per heavy atom. The summed E-state index contributed by atoms with van der Waals surface area (Å²) < 4.78 is 0. The molecule has 0 unspecified atom stereocenters. The number of aryl methyl sites for hydroxylation is 1. The number of carbonyl (C=O) groups is 1. The number of rotatable bonds is 3. The van der Waals surface area contributed by atoms with Gasteiger partial charge in [0.1, 0.15) is 5.75 Å². The van der Waals surface area contributed by atoms with Crippen molar-refractivity contribution in [3.63, 3.8) is 0 Å². The van der Waals surface area contributed by atoms with Crippen LogP contribution in [0.25, 0.3) is 0 Å². The van der Waals surface area contributed by atoms with E-state index in [2.05, 4.69) is 5.32 Å². The third-order valence-electron chi connectivity index (χ3n) is 2.87. The van der Waals surface area contributed by atoms with Crippen molar-refractivity contribution in [2.75, 3.05) is 11.1 Å². The lowest BCUT2D eigenvalue weighted by atomic mass is 10.1. The molecule has 4 heteroatoms. The van der Waals surface area contributed by atoms with E-state index in [-0.39, 0.29) is 11.7 Å². The quantitative estimate of drug-likeness (QED) is 0.584. The molecule has 0 aliphatic rings. The van der Waals surface area contributed by atoms with Crippen molar-refractivity contribution in [2.24, 2.45) is 0 Å². The molecule has 2 aromatic carbocycles. The molecule has 2 aromatic rings. The normalized spacial score (nSPS) is 10.2. The van der Waals surface area contributed by atoms with E-state index in [0.717, 1.165) is 12.0 Å². The second-order valence-electron chi connectivity index (χ2n) is 4.28. The Labute approximate surface area is 111 Å². The fourth-order valence-electron chi connectivity index (χ4n) is 1.78. The molecule has 0 bridgehead atoms. The van der Waals surface area contributed by atoms with Gasteiger partial charge in [-0.15, -0.1) is 0 Å². The molecule has 0 atom stereocenters.